The molecule has 2 aromatic rings. The standard InChI is InChI=1S/C31H40N2O4/c1-5-17-33-19-16-30(26-11-7-13-29(21-26)36-4)22-27(14-15-31(30,23-33)37-24(2)34)32(3)18-8-10-25-9-6-12-28(35)20-25/h5-13,20-21,27,35H,1,14-19,22-23H2,2-4H3/t27-,30+,31+/m1/s1. The van der Waals surface area contributed by atoms with Crippen molar-refractivity contribution in [2.45, 2.75) is 49.7 Å². The normalized spacial score (nSPS) is 26.1. The van der Waals surface area contributed by atoms with Crippen LogP contribution in [0.25, 0.3) is 6.08 Å². The number of aromatic hydroxyl groups is 1. The summed E-state index contributed by atoms with van der Waals surface area (Å²) >= 11 is 0. The highest BCUT2D eigenvalue weighted by Gasteiger charge is 2.60. The molecule has 0 spiro atoms. The molecule has 1 aliphatic heterocycles. The number of hydrogen-bond acceptors (Lipinski definition) is 6. The van der Waals surface area contributed by atoms with Gasteiger partial charge >= 0.3 is 5.97 Å². The van der Waals surface area contributed by atoms with Crippen molar-refractivity contribution < 1.29 is 19.4 Å². The number of ether oxygens (including phenoxy) is 2. The van der Waals surface area contributed by atoms with Gasteiger partial charge in [0.05, 0.1) is 7.11 Å². The van der Waals surface area contributed by atoms with Crippen molar-refractivity contribution in [2.24, 2.45) is 0 Å². The maximum absolute atomic E-state index is 12.5. The van der Waals surface area contributed by atoms with Crippen LogP contribution in [0.5, 0.6) is 11.5 Å². The number of nitrogens with zero attached hydrogens (tertiary/aromatic N) is 2. The Bertz CT molecular complexity index is 1130. The summed E-state index contributed by atoms with van der Waals surface area (Å²) in [5.41, 5.74) is 1.23. The van der Waals surface area contributed by atoms with Crippen molar-refractivity contribution >= 4 is 12.0 Å². The monoisotopic (exact) mass is 504 g/mol. The Labute approximate surface area is 221 Å². The Balaban J connectivity index is 1.65. The van der Waals surface area contributed by atoms with Crippen LogP contribution in [0.3, 0.4) is 0 Å². The second kappa shape index (κ2) is 11.5. The number of likely N-dealkylation sites (tertiary alicyclic amines) is 1. The summed E-state index contributed by atoms with van der Waals surface area (Å²) in [6.07, 6.45) is 9.65. The van der Waals surface area contributed by atoms with E-state index in [1.54, 1.807) is 19.2 Å². The number of carbonyl (C=O) groups is 1. The lowest BCUT2D eigenvalue weighted by Gasteiger charge is -2.60. The predicted octanol–water partition coefficient (Wildman–Crippen LogP) is 5.03. The van der Waals surface area contributed by atoms with Gasteiger partial charge in [-0.25, -0.2) is 0 Å². The fourth-order valence-electron chi connectivity index (χ4n) is 6.43. The van der Waals surface area contributed by atoms with Crippen molar-refractivity contribution in [2.75, 3.05) is 40.3 Å². The van der Waals surface area contributed by atoms with E-state index in [0.717, 1.165) is 56.6 Å². The molecule has 1 saturated heterocycles. The number of phenolic OH excluding ortho intramolecular Hbond substituents is 1. The van der Waals surface area contributed by atoms with Crippen molar-refractivity contribution in [3.63, 3.8) is 0 Å². The molecule has 1 N–H and O–H groups in total. The molecule has 1 heterocycles. The molecule has 4 rings (SSSR count). The van der Waals surface area contributed by atoms with Gasteiger partial charge in [-0.1, -0.05) is 42.5 Å². The van der Waals surface area contributed by atoms with E-state index in [0.29, 0.717) is 12.6 Å². The van der Waals surface area contributed by atoms with Gasteiger partial charge in [0.15, 0.2) is 0 Å². The van der Waals surface area contributed by atoms with Crippen molar-refractivity contribution in [3.8, 4) is 11.5 Å². The molecule has 2 fully saturated rings. The lowest BCUT2D eigenvalue weighted by Crippen LogP contribution is -2.68. The summed E-state index contributed by atoms with van der Waals surface area (Å²) in [4.78, 5) is 17.3. The first-order chi connectivity index (χ1) is 17.8. The topological polar surface area (TPSA) is 62.2 Å². The Hall–Kier alpha value is -3.09. The maximum Gasteiger partial charge on any atom is 0.303 e. The van der Waals surface area contributed by atoms with E-state index < -0.39 is 5.60 Å². The first-order valence-corrected chi connectivity index (χ1v) is 13.1. The Morgan fingerprint density at radius 1 is 1.24 bits per heavy atom. The average molecular weight is 505 g/mol. The van der Waals surface area contributed by atoms with Crippen LogP contribution >= 0.6 is 0 Å². The molecular formula is C31H40N2O4. The smallest absolute Gasteiger partial charge is 0.303 e. The summed E-state index contributed by atoms with van der Waals surface area (Å²) < 4.78 is 12.0. The van der Waals surface area contributed by atoms with Gasteiger partial charge in [-0.05, 0) is 74.7 Å². The number of rotatable bonds is 9. The number of carbonyl (C=O) groups excluding carboxylic acids is 1. The van der Waals surface area contributed by atoms with Gasteiger partial charge in [-0.3, -0.25) is 14.6 Å². The van der Waals surface area contributed by atoms with Crippen LogP contribution in [0.1, 0.15) is 43.7 Å². The highest BCUT2D eigenvalue weighted by molar-refractivity contribution is 5.67. The molecule has 37 heavy (non-hydrogen) atoms. The zero-order valence-electron chi connectivity index (χ0n) is 22.4. The molecule has 0 amide bonds. The summed E-state index contributed by atoms with van der Waals surface area (Å²) in [5, 5.41) is 9.75. The highest BCUT2D eigenvalue weighted by atomic mass is 16.6. The maximum atomic E-state index is 12.5. The van der Waals surface area contributed by atoms with E-state index in [4.69, 9.17) is 9.47 Å². The molecule has 6 nitrogen and oxygen atoms in total. The van der Waals surface area contributed by atoms with E-state index in [1.807, 2.05) is 36.4 Å². The number of likely N-dealkylation sites (N-methyl/N-ethyl adjacent to an activating group) is 1. The predicted molar refractivity (Wildman–Crippen MR) is 148 cm³/mol. The van der Waals surface area contributed by atoms with Crippen molar-refractivity contribution in [3.05, 3.63) is 78.4 Å². The van der Waals surface area contributed by atoms with Gasteiger partial charge in [-0.2, -0.15) is 0 Å². The second-order valence-electron chi connectivity index (χ2n) is 10.5. The number of fused-ring (bicyclic) bond motifs is 1. The van der Waals surface area contributed by atoms with Gasteiger partial charge in [0.25, 0.3) is 0 Å². The molecule has 0 radical (unpaired) electrons. The number of benzene rings is 2. The third-order valence-electron chi connectivity index (χ3n) is 8.22. The van der Waals surface area contributed by atoms with E-state index in [1.165, 1.54) is 12.5 Å². The van der Waals surface area contributed by atoms with E-state index >= 15 is 0 Å². The number of phenols is 1. The molecule has 0 aromatic heterocycles. The van der Waals surface area contributed by atoms with Crippen molar-refractivity contribution in [1.82, 2.24) is 9.80 Å². The quantitative estimate of drug-likeness (QED) is 0.382. The van der Waals surface area contributed by atoms with Gasteiger partial charge in [0.2, 0.25) is 0 Å². The first-order valence-electron chi connectivity index (χ1n) is 13.1. The van der Waals surface area contributed by atoms with E-state index in [2.05, 4.69) is 41.6 Å². The zero-order chi connectivity index (χ0) is 26.5. The van der Waals surface area contributed by atoms with E-state index in [-0.39, 0.29) is 17.1 Å². The zero-order valence-corrected chi connectivity index (χ0v) is 22.4. The van der Waals surface area contributed by atoms with E-state index in [9.17, 15) is 9.90 Å². The molecule has 2 aromatic carbocycles. The molecule has 0 unspecified atom stereocenters. The summed E-state index contributed by atoms with van der Waals surface area (Å²) in [5.74, 6) is 0.864. The lowest BCUT2D eigenvalue weighted by atomic mass is 9.55. The summed E-state index contributed by atoms with van der Waals surface area (Å²) in [6, 6.07) is 15.9. The van der Waals surface area contributed by atoms with Gasteiger partial charge in [-0.15, -0.1) is 6.58 Å². The number of piperidine rings is 1. The Kier molecular flexibility index (Phi) is 8.40. The molecular weight excluding hydrogens is 464 g/mol. The molecule has 0 bridgehead atoms. The largest absolute Gasteiger partial charge is 0.508 e. The number of esters is 1. The summed E-state index contributed by atoms with van der Waals surface area (Å²) in [7, 11) is 3.86. The van der Waals surface area contributed by atoms with Crippen LogP contribution in [-0.4, -0.2) is 72.9 Å². The van der Waals surface area contributed by atoms with Crippen molar-refractivity contribution in [1.29, 1.82) is 0 Å². The Morgan fingerprint density at radius 3 is 2.78 bits per heavy atom. The second-order valence-corrected chi connectivity index (χ2v) is 10.5. The molecule has 1 aliphatic carbocycles. The number of hydrogen-bond donors (Lipinski definition) is 1. The van der Waals surface area contributed by atoms with Gasteiger partial charge < -0.3 is 14.6 Å². The fraction of sp³-hybridized carbons (Fsp3) is 0.452. The number of methoxy groups -OCH3 is 1. The Morgan fingerprint density at radius 2 is 2.05 bits per heavy atom. The van der Waals surface area contributed by atoms with Crippen LogP contribution in [0, 0.1) is 0 Å². The first kappa shape index (κ1) is 27.0. The molecule has 6 heteroatoms. The van der Waals surface area contributed by atoms with Crippen LogP contribution in [0.4, 0.5) is 0 Å². The minimum absolute atomic E-state index is 0.228. The highest BCUT2D eigenvalue weighted by Crippen LogP contribution is 2.54. The molecule has 198 valence electrons. The molecule has 3 atom stereocenters. The fourth-order valence-corrected chi connectivity index (χ4v) is 6.43. The summed E-state index contributed by atoms with van der Waals surface area (Å²) in [6.45, 7) is 8.65. The van der Waals surface area contributed by atoms with Crippen LogP contribution in [0.15, 0.2) is 67.3 Å². The molecule has 2 aliphatic rings. The third-order valence-corrected chi connectivity index (χ3v) is 8.22. The lowest BCUT2D eigenvalue weighted by molar-refractivity contribution is -0.188. The SMILES string of the molecule is C=CCN1CC[C@@]2(c3cccc(OC)c3)C[C@H](N(C)CC=Cc3cccc(O)c3)CC[C@]2(OC(C)=O)C1. The average Bonchev–Trinajstić information content (AvgIpc) is 2.88. The van der Waals surface area contributed by atoms with Crippen LogP contribution in [-0.2, 0) is 14.9 Å². The minimum Gasteiger partial charge on any atom is -0.508 e. The molecule has 1 saturated carbocycles. The van der Waals surface area contributed by atoms with Gasteiger partial charge in [0, 0.05) is 38.0 Å². The van der Waals surface area contributed by atoms with Gasteiger partial charge in [0.1, 0.15) is 17.1 Å². The third kappa shape index (κ3) is 5.76. The van der Waals surface area contributed by atoms with Crippen LogP contribution < -0.4 is 4.74 Å². The van der Waals surface area contributed by atoms with Crippen LogP contribution in [0.2, 0.25) is 0 Å². The minimum atomic E-state index is -0.610.